The van der Waals surface area contributed by atoms with Gasteiger partial charge in [0.05, 0.1) is 0 Å². The van der Waals surface area contributed by atoms with Crippen LogP contribution >= 0.6 is 0 Å². The van der Waals surface area contributed by atoms with Crippen LogP contribution in [0.25, 0.3) is 0 Å². The van der Waals surface area contributed by atoms with Gasteiger partial charge in [-0.1, -0.05) is 12.1 Å². The highest BCUT2D eigenvalue weighted by molar-refractivity contribution is 5.65. The maximum Gasteiger partial charge on any atom is 0.407 e. The van der Waals surface area contributed by atoms with Crippen molar-refractivity contribution in [3.05, 3.63) is 57.8 Å². The van der Waals surface area contributed by atoms with E-state index in [4.69, 9.17) is 4.52 Å². The number of likely N-dealkylation sites (tertiary alicyclic amines) is 1. The first-order valence-corrected chi connectivity index (χ1v) is 7.45. The van der Waals surface area contributed by atoms with Crippen molar-refractivity contribution in [1.82, 2.24) is 10.1 Å². The number of carbonyl (C=O) groups is 1. The summed E-state index contributed by atoms with van der Waals surface area (Å²) in [6.45, 7) is 0.376. The maximum absolute atomic E-state index is 13.0. The van der Waals surface area contributed by atoms with Gasteiger partial charge in [0.25, 0.3) is 5.56 Å². The van der Waals surface area contributed by atoms with Crippen LogP contribution in [0.3, 0.4) is 0 Å². The van der Waals surface area contributed by atoms with Crippen molar-refractivity contribution in [2.75, 3.05) is 6.54 Å². The molecule has 3 rings (SSSR count). The van der Waals surface area contributed by atoms with Crippen LogP contribution in [-0.2, 0) is 6.42 Å². The van der Waals surface area contributed by atoms with E-state index in [1.165, 1.54) is 23.1 Å². The van der Waals surface area contributed by atoms with Crippen molar-refractivity contribution >= 4 is 6.09 Å². The SMILES string of the molecule is O=C(O)N1CC[C@H](c2cc(=O)[nH]o2)C[C@@H]1Cc1ccc(F)cc1. The first-order chi connectivity index (χ1) is 11.0. The zero-order valence-corrected chi connectivity index (χ0v) is 12.4. The summed E-state index contributed by atoms with van der Waals surface area (Å²) >= 11 is 0. The molecule has 23 heavy (non-hydrogen) atoms. The van der Waals surface area contributed by atoms with Crippen LogP contribution in [-0.4, -0.2) is 33.8 Å². The fourth-order valence-corrected chi connectivity index (χ4v) is 3.15. The highest BCUT2D eigenvalue weighted by Gasteiger charge is 2.33. The number of amides is 1. The molecular weight excluding hydrogens is 303 g/mol. The van der Waals surface area contributed by atoms with Crippen LogP contribution < -0.4 is 5.56 Å². The standard InChI is InChI=1S/C16H17FN2O4/c17-12-3-1-10(2-4-12)7-13-8-11(5-6-19(13)16(21)22)14-9-15(20)18-23-14/h1-4,9,11,13H,5-8H2,(H,18,20)(H,21,22)/t11-,13-/m0/s1. The minimum atomic E-state index is -0.967. The van der Waals surface area contributed by atoms with Gasteiger partial charge >= 0.3 is 6.09 Å². The maximum atomic E-state index is 13.0. The highest BCUT2D eigenvalue weighted by Crippen LogP contribution is 2.32. The molecule has 2 N–H and O–H groups in total. The molecule has 2 atom stereocenters. The van der Waals surface area contributed by atoms with Gasteiger partial charge in [-0.15, -0.1) is 0 Å². The molecular formula is C16H17FN2O4. The monoisotopic (exact) mass is 320 g/mol. The minimum Gasteiger partial charge on any atom is -0.465 e. The number of nitrogens with zero attached hydrogens (tertiary/aromatic N) is 1. The number of aromatic amines is 1. The highest BCUT2D eigenvalue weighted by atomic mass is 19.1. The summed E-state index contributed by atoms with van der Waals surface area (Å²) in [7, 11) is 0. The number of benzene rings is 1. The predicted molar refractivity (Wildman–Crippen MR) is 79.9 cm³/mol. The van der Waals surface area contributed by atoms with Crippen LogP contribution in [0.2, 0.25) is 0 Å². The zero-order chi connectivity index (χ0) is 16.4. The Balaban J connectivity index is 1.78. The number of rotatable bonds is 3. The lowest BCUT2D eigenvalue weighted by atomic mass is 9.86. The molecule has 1 aromatic carbocycles. The number of piperidine rings is 1. The van der Waals surface area contributed by atoms with Gasteiger partial charge in [-0.05, 0) is 37.0 Å². The molecule has 1 fully saturated rings. The summed E-state index contributed by atoms with van der Waals surface area (Å²) in [5.41, 5.74) is 0.578. The molecule has 1 amide bonds. The van der Waals surface area contributed by atoms with E-state index in [1.54, 1.807) is 12.1 Å². The van der Waals surface area contributed by atoms with Crippen LogP contribution in [0.15, 0.2) is 39.6 Å². The van der Waals surface area contributed by atoms with E-state index in [0.717, 1.165) is 5.56 Å². The van der Waals surface area contributed by atoms with Crippen molar-refractivity contribution in [3.63, 3.8) is 0 Å². The summed E-state index contributed by atoms with van der Waals surface area (Å²) in [5, 5.41) is 11.6. The molecule has 0 spiro atoms. The fraction of sp³-hybridized carbons (Fsp3) is 0.375. The van der Waals surface area contributed by atoms with Gasteiger partial charge in [-0.2, -0.15) is 5.16 Å². The van der Waals surface area contributed by atoms with Gasteiger partial charge in [0, 0.05) is 24.6 Å². The molecule has 1 aliphatic rings. The van der Waals surface area contributed by atoms with Crippen molar-refractivity contribution in [3.8, 4) is 0 Å². The van der Waals surface area contributed by atoms with Gasteiger partial charge in [0.15, 0.2) is 0 Å². The van der Waals surface area contributed by atoms with Gasteiger partial charge < -0.3 is 14.5 Å². The molecule has 6 nitrogen and oxygen atoms in total. The Hall–Kier alpha value is -2.57. The molecule has 0 saturated carbocycles. The van der Waals surface area contributed by atoms with Gasteiger partial charge in [-0.3, -0.25) is 4.79 Å². The number of carboxylic acid groups (broad SMARTS) is 1. The lowest BCUT2D eigenvalue weighted by Gasteiger charge is -2.37. The number of H-pyrrole nitrogens is 1. The summed E-state index contributed by atoms with van der Waals surface area (Å²) in [6, 6.07) is 7.23. The molecule has 1 aromatic heterocycles. The molecule has 122 valence electrons. The van der Waals surface area contributed by atoms with Crippen LogP contribution in [0.1, 0.15) is 30.1 Å². The van der Waals surface area contributed by atoms with Crippen molar-refractivity contribution in [1.29, 1.82) is 0 Å². The van der Waals surface area contributed by atoms with Crippen LogP contribution in [0, 0.1) is 5.82 Å². The molecule has 7 heteroatoms. The Morgan fingerprint density at radius 3 is 2.74 bits per heavy atom. The van der Waals surface area contributed by atoms with E-state index in [-0.39, 0.29) is 23.3 Å². The van der Waals surface area contributed by atoms with E-state index in [1.807, 2.05) is 0 Å². The van der Waals surface area contributed by atoms with E-state index >= 15 is 0 Å². The van der Waals surface area contributed by atoms with E-state index in [0.29, 0.717) is 31.6 Å². The van der Waals surface area contributed by atoms with Gasteiger partial charge in [0.1, 0.15) is 11.6 Å². The summed E-state index contributed by atoms with van der Waals surface area (Å²) in [6.07, 6.45) is 0.695. The second-order valence-electron chi connectivity index (χ2n) is 5.80. The molecule has 0 aliphatic carbocycles. The molecule has 2 heterocycles. The quantitative estimate of drug-likeness (QED) is 0.910. The average molecular weight is 320 g/mol. The normalized spacial score (nSPS) is 21.3. The lowest BCUT2D eigenvalue weighted by molar-refractivity contribution is 0.0968. The predicted octanol–water partition coefficient (Wildman–Crippen LogP) is 2.58. The largest absolute Gasteiger partial charge is 0.465 e. The molecule has 2 aromatic rings. The third-order valence-corrected chi connectivity index (χ3v) is 4.29. The number of aromatic nitrogens is 1. The van der Waals surface area contributed by atoms with E-state index in [2.05, 4.69) is 5.16 Å². The molecule has 1 aliphatic heterocycles. The third-order valence-electron chi connectivity index (χ3n) is 4.29. The summed E-state index contributed by atoms with van der Waals surface area (Å²) in [5.74, 6) is 0.235. The van der Waals surface area contributed by atoms with E-state index < -0.39 is 6.09 Å². The zero-order valence-electron chi connectivity index (χ0n) is 12.4. The Morgan fingerprint density at radius 1 is 1.39 bits per heavy atom. The number of hydrogen-bond donors (Lipinski definition) is 2. The Bertz CT molecular complexity index is 737. The van der Waals surface area contributed by atoms with Crippen molar-refractivity contribution < 1.29 is 18.8 Å². The lowest BCUT2D eigenvalue weighted by Crippen LogP contribution is -2.46. The Kier molecular flexibility index (Phi) is 4.18. The van der Waals surface area contributed by atoms with E-state index in [9.17, 15) is 19.1 Å². The first kappa shape index (κ1) is 15.3. The average Bonchev–Trinajstić information content (AvgIpc) is 2.96. The summed E-state index contributed by atoms with van der Waals surface area (Å²) < 4.78 is 18.2. The third kappa shape index (κ3) is 3.44. The second-order valence-corrected chi connectivity index (χ2v) is 5.80. The van der Waals surface area contributed by atoms with Gasteiger partial charge in [0.2, 0.25) is 0 Å². The summed E-state index contributed by atoms with van der Waals surface area (Å²) in [4.78, 5) is 24.1. The smallest absolute Gasteiger partial charge is 0.407 e. The molecule has 1 saturated heterocycles. The molecule has 0 radical (unpaired) electrons. The van der Waals surface area contributed by atoms with Crippen LogP contribution in [0.4, 0.5) is 9.18 Å². The van der Waals surface area contributed by atoms with Crippen molar-refractivity contribution in [2.45, 2.75) is 31.2 Å². The van der Waals surface area contributed by atoms with Crippen LogP contribution in [0.5, 0.6) is 0 Å². The fourth-order valence-electron chi connectivity index (χ4n) is 3.15. The second kappa shape index (κ2) is 6.28. The van der Waals surface area contributed by atoms with Gasteiger partial charge in [-0.25, -0.2) is 9.18 Å². The number of halogens is 1. The van der Waals surface area contributed by atoms with Crippen molar-refractivity contribution in [2.24, 2.45) is 0 Å². The topological polar surface area (TPSA) is 86.5 Å². The Labute approximate surface area is 131 Å². The Morgan fingerprint density at radius 2 is 2.13 bits per heavy atom. The minimum absolute atomic E-state index is 0.00463. The molecule has 0 unspecified atom stereocenters. The number of nitrogens with one attached hydrogen (secondary N) is 1. The molecule has 0 bridgehead atoms. The number of hydrogen-bond acceptors (Lipinski definition) is 3. The first-order valence-electron chi connectivity index (χ1n) is 7.45.